The van der Waals surface area contributed by atoms with Crippen molar-refractivity contribution in [1.82, 2.24) is 20.8 Å². The lowest BCUT2D eigenvalue weighted by Gasteiger charge is -2.11. The van der Waals surface area contributed by atoms with Crippen LogP contribution in [-0.2, 0) is 0 Å². The van der Waals surface area contributed by atoms with E-state index in [1.807, 2.05) is 24.3 Å². The van der Waals surface area contributed by atoms with Gasteiger partial charge in [0.25, 0.3) is 5.91 Å². The fourth-order valence-corrected chi connectivity index (χ4v) is 2.68. The minimum absolute atomic E-state index is 0.103. The molecule has 116 valence electrons. The molecule has 1 saturated heterocycles. The average molecular weight is 300 g/mol. The van der Waals surface area contributed by atoms with Gasteiger partial charge in [0.05, 0.1) is 24.6 Å². The highest BCUT2D eigenvalue weighted by Crippen LogP contribution is 2.23. The second kappa shape index (κ2) is 6.62. The number of hydrogen-bond donors (Lipinski definition) is 3. The summed E-state index contributed by atoms with van der Waals surface area (Å²) in [4.78, 5) is 12.4. The second-order valence-electron chi connectivity index (χ2n) is 5.39. The van der Waals surface area contributed by atoms with Crippen molar-refractivity contribution in [2.45, 2.75) is 18.9 Å². The van der Waals surface area contributed by atoms with Crippen LogP contribution in [0.25, 0.3) is 11.3 Å². The number of amides is 1. The van der Waals surface area contributed by atoms with Gasteiger partial charge in [0, 0.05) is 18.2 Å². The number of ether oxygens (including phenoxy) is 1. The second-order valence-corrected chi connectivity index (χ2v) is 5.39. The zero-order chi connectivity index (χ0) is 15.4. The van der Waals surface area contributed by atoms with Crippen LogP contribution in [0, 0.1) is 0 Å². The lowest BCUT2D eigenvalue weighted by molar-refractivity contribution is 0.0951. The number of nitrogens with one attached hydrogen (secondary N) is 3. The maximum absolute atomic E-state index is 12.4. The molecule has 1 fully saturated rings. The Kier molecular flexibility index (Phi) is 4.39. The molecule has 3 N–H and O–H groups in total. The number of benzene rings is 1. The number of H-pyrrole nitrogens is 1. The standard InChI is InChI=1S/C16H20N4O2/c1-22-13-6-4-11(5-7-13)15-14(10-19-20-15)16(21)18-9-12-3-2-8-17-12/h4-7,10,12,17H,2-3,8-9H2,1H3,(H,18,21)(H,19,20). The van der Waals surface area contributed by atoms with E-state index in [9.17, 15) is 4.79 Å². The Hall–Kier alpha value is -2.34. The molecule has 1 atom stereocenters. The normalized spacial score (nSPS) is 17.4. The number of aromatic amines is 1. The van der Waals surface area contributed by atoms with E-state index < -0.39 is 0 Å². The largest absolute Gasteiger partial charge is 0.497 e. The molecule has 2 heterocycles. The molecule has 0 bridgehead atoms. The molecular weight excluding hydrogens is 280 g/mol. The predicted molar refractivity (Wildman–Crippen MR) is 83.9 cm³/mol. The highest BCUT2D eigenvalue weighted by Gasteiger charge is 2.18. The van der Waals surface area contributed by atoms with Crippen molar-refractivity contribution >= 4 is 5.91 Å². The fourth-order valence-electron chi connectivity index (χ4n) is 2.68. The maximum Gasteiger partial charge on any atom is 0.255 e. The zero-order valence-corrected chi connectivity index (χ0v) is 12.6. The Balaban J connectivity index is 1.71. The summed E-state index contributed by atoms with van der Waals surface area (Å²) in [6.45, 7) is 1.68. The predicted octanol–water partition coefficient (Wildman–Crippen LogP) is 1.57. The van der Waals surface area contributed by atoms with Crippen LogP contribution in [0.1, 0.15) is 23.2 Å². The van der Waals surface area contributed by atoms with Crippen molar-refractivity contribution in [2.75, 3.05) is 20.2 Å². The van der Waals surface area contributed by atoms with Crippen LogP contribution in [0.15, 0.2) is 30.5 Å². The minimum Gasteiger partial charge on any atom is -0.497 e. The van der Waals surface area contributed by atoms with Gasteiger partial charge in [-0.15, -0.1) is 0 Å². The Bertz CT molecular complexity index is 630. The SMILES string of the molecule is COc1ccc(-c2[nH]ncc2C(=O)NCC2CCCN2)cc1. The van der Waals surface area contributed by atoms with Crippen LogP contribution >= 0.6 is 0 Å². The van der Waals surface area contributed by atoms with Gasteiger partial charge >= 0.3 is 0 Å². The lowest BCUT2D eigenvalue weighted by atomic mass is 10.1. The van der Waals surface area contributed by atoms with Gasteiger partial charge in [-0.1, -0.05) is 0 Å². The Labute approximate surface area is 129 Å². The summed E-state index contributed by atoms with van der Waals surface area (Å²) in [5.74, 6) is 0.676. The lowest BCUT2D eigenvalue weighted by Crippen LogP contribution is -2.37. The van der Waals surface area contributed by atoms with Crippen LogP contribution in [0.5, 0.6) is 5.75 Å². The van der Waals surface area contributed by atoms with Gasteiger partial charge in [-0.2, -0.15) is 5.10 Å². The smallest absolute Gasteiger partial charge is 0.255 e. The van der Waals surface area contributed by atoms with Crippen molar-refractivity contribution in [3.8, 4) is 17.0 Å². The third-order valence-electron chi connectivity index (χ3n) is 3.93. The molecule has 2 aromatic rings. The molecule has 0 aliphatic carbocycles. The highest BCUT2D eigenvalue weighted by molar-refractivity contribution is 5.99. The van der Waals surface area contributed by atoms with Gasteiger partial charge in [-0.25, -0.2) is 0 Å². The van der Waals surface area contributed by atoms with Crippen LogP contribution < -0.4 is 15.4 Å². The summed E-state index contributed by atoms with van der Waals surface area (Å²) in [6.07, 6.45) is 3.84. The van der Waals surface area contributed by atoms with Gasteiger partial charge in [0.1, 0.15) is 5.75 Å². The third-order valence-corrected chi connectivity index (χ3v) is 3.93. The molecule has 1 aliphatic rings. The number of nitrogens with zero attached hydrogens (tertiary/aromatic N) is 1. The number of carbonyl (C=O) groups is 1. The van der Waals surface area contributed by atoms with Crippen molar-refractivity contribution in [3.63, 3.8) is 0 Å². The van der Waals surface area contributed by atoms with Gasteiger partial charge in [0.15, 0.2) is 0 Å². The third kappa shape index (κ3) is 3.12. The monoisotopic (exact) mass is 300 g/mol. The molecule has 0 spiro atoms. The first kappa shape index (κ1) is 14.6. The number of carbonyl (C=O) groups excluding carboxylic acids is 1. The van der Waals surface area contributed by atoms with E-state index in [0.29, 0.717) is 18.2 Å². The quantitative estimate of drug-likeness (QED) is 0.783. The number of methoxy groups -OCH3 is 1. The van der Waals surface area contributed by atoms with E-state index in [4.69, 9.17) is 4.74 Å². The highest BCUT2D eigenvalue weighted by atomic mass is 16.5. The summed E-state index contributed by atoms with van der Waals surface area (Å²) in [5.41, 5.74) is 2.19. The molecule has 3 rings (SSSR count). The van der Waals surface area contributed by atoms with Crippen molar-refractivity contribution in [3.05, 3.63) is 36.0 Å². The summed E-state index contributed by atoms with van der Waals surface area (Å²) in [5, 5.41) is 13.2. The maximum atomic E-state index is 12.4. The number of rotatable bonds is 5. The molecular formula is C16H20N4O2. The van der Waals surface area contributed by atoms with Gasteiger partial charge in [0.2, 0.25) is 0 Å². The van der Waals surface area contributed by atoms with Crippen molar-refractivity contribution < 1.29 is 9.53 Å². The summed E-state index contributed by atoms with van der Waals surface area (Å²) in [7, 11) is 1.63. The summed E-state index contributed by atoms with van der Waals surface area (Å²) >= 11 is 0. The van der Waals surface area contributed by atoms with Crippen molar-refractivity contribution in [2.24, 2.45) is 0 Å². The van der Waals surface area contributed by atoms with Gasteiger partial charge < -0.3 is 15.4 Å². The fraction of sp³-hybridized carbons (Fsp3) is 0.375. The Morgan fingerprint density at radius 2 is 2.23 bits per heavy atom. The topological polar surface area (TPSA) is 79.0 Å². The molecule has 0 radical (unpaired) electrons. The molecule has 1 aromatic carbocycles. The molecule has 6 nitrogen and oxygen atoms in total. The number of hydrogen-bond acceptors (Lipinski definition) is 4. The average Bonchev–Trinajstić information content (AvgIpc) is 3.24. The van der Waals surface area contributed by atoms with E-state index in [-0.39, 0.29) is 5.91 Å². The van der Waals surface area contributed by atoms with Crippen LogP contribution in [0.3, 0.4) is 0 Å². The minimum atomic E-state index is -0.103. The first-order valence-corrected chi connectivity index (χ1v) is 7.47. The van der Waals surface area contributed by atoms with Crippen LogP contribution in [0.2, 0.25) is 0 Å². The Morgan fingerprint density at radius 1 is 1.41 bits per heavy atom. The molecule has 1 aromatic heterocycles. The number of aromatic nitrogens is 2. The summed E-state index contributed by atoms with van der Waals surface area (Å²) < 4.78 is 5.15. The van der Waals surface area contributed by atoms with Crippen molar-refractivity contribution in [1.29, 1.82) is 0 Å². The zero-order valence-electron chi connectivity index (χ0n) is 12.6. The molecule has 1 aliphatic heterocycles. The van der Waals surface area contributed by atoms with E-state index in [0.717, 1.165) is 30.0 Å². The molecule has 22 heavy (non-hydrogen) atoms. The van der Waals surface area contributed by atoms with Gasteiger partial charge in [-0.3, -0.25) is 9.89 Å². The van der Waals surface area contributed by atoms with E-state index in [1.54, 1.807) is 13.3 Å². The van der Waals surface area contributed by atoms with Crippen LogP contribution in [-0.4, -0.2) is 42.3 Å². The molecule has 0 saturated carbocycles. The molecule has 1 amide bonds. The molecule has 1 unspecified atom stereocenters. The van der Waals surface area contributed by atoms with E-state index in [2.05, 4.69) is 20.8 Å². The summed E-state index contributed by atoms with van der Waals surface area (Å²) in [6, 6.07) is 7.91. The molecule has 6 heteroatoms. The first-order valence-electron chi connectivity index (χ1n) is 7.47. The first-order chi connectivity index (χ1) is 10.8. The van der Waals surface area contributed by atoms with Gasteiger partial charge in [-0.05, 0) is 43.7 Å². The van der Waals surface area contributed by atoms with E-state index in [1.165, 1.54) is 6.42 Å². The Morgan fingerprint density at radius 3 is 2.91 bits per heavy atom. The van der Waals surface area contributed by atoms with E-state index >= 15 is 0 Å². The van der Waals surface area contributed by atoms with Crippen LogP contribution in [0.4, 0.5) is 0 Å².